The molecule has 2 rings (SSSR count). The highest BCUT2D eigenvalue weighted by Gasteiger charge is 2.17. The molecule has 1 aliphatic heterocycles. The first kappa shape index (κ1) is 10.9. The van der Waals surface area contributed by atoms with E-state index in [9.17, 15) is 0 Å². The lowest BCUT2D eigenvalue weighted by atomic mass is 9.95. The Balaban J connectivity index is 2.26. The van der Waals surface area contributed by atoms with Crippen LogP contribution in [0.4, 0.5) is 0 Å². The minimum atomic E-state index is 0.00675. The number of rotatable bonds is 1. The fraction of sp³-hybridized carbons (Fsp3) is 0.385. The molecule has 0 fully saturated rings. The molecular weight excluding hydrogens is 198 g/mol. The van der Waals surface area contributed by atoms with Crippen molar-refractivity contribution in [2.45, 2.75) is 26.2 Å². The first-order chi connectivity index (χ1) is 7.57. The van der Waals surface area contributed by atoms with Crippen molar-refractivity contribution in [1.29, 1.82) is 0 Å². The van der Waals surface area contributed by atoms with Crippen LogP contribution in [0.2, 0.25) is 0 Å². The SMILES string of the molecule is CC(C)(C)c1ncc(C2=CC=CCN2)cn1. The highest BCUT2D eigenvalue weighted by atomic mass is 14.9. The van der Waals surface area contributed by atoms with Gasteiger partial charge in [-0.1, -0.05) is 32.9 Å². The maximum absolute atomic E-state index is 4.41. The van der Waals surface area contributed by atoms with Gasteiger partial charge in [-0.3, -0.25) is 0 Å². The quantitative estimate of drug-likeness (QED) is 0.781. The van der Waals surface area contributed by atoms with Gasteiger partial charge < -0.3 is 5.32 Å². The fourth-order valence-electron chi connectivity index (χ4n) is 1.51. The Hall–Kier alpha value is -1.64. The molecule has 3 heteroatoms. The van der Waals surface area contributed by atoms with Crippen LogP contribution in [0, 0.1) is 0 Å². The zero-order valence-electron chi connectivity index (χ0n) is 9.99. The zero-order valence-corrected chi connectivity index (χ0v) is 9.99. The second-order valence-corrected chi connectivity index (χ2v) is 4.93. The van der Waals surface area contributed by atoms with Crippen molar-refractivity contribution < 1.29 is 0 Å². The van der Waals surface area contributed by atoms with Crippen LogP contribution in [0.1, 0.15) is 32.2 Å². The predicted molar refractivity (Wildman–Crippen MR) is 65.9 cm³/mol. The minimum Gasteiger partial charge on any atom is -0.381 e. The van der Waals surface area contributed by atoms with Gasteiger partial charge in [0.25, 0.3) is 0 Å². The lowest BCUT2D eigenvalue weighted by molar-refractivity contribution is 0.544. The second kappa shape index (κ2) is 4.08. The monoisotopic (exact) mass is 215 g/mol. The third-order valence-corrected chi connectivity index (χ3v) is 2.44. The third kappa shape index (κ3) is 2.30. The zero-order chi connectivity index (χ0) is 11.6. The van der Waals surface area contributed by atoms with Gasteiger partial charge in [-0.2, -0.15) is 0 Å². The lowest BCUT2D eigenvalue weighted by Crippen LogP contribution is -2.18. The van der Waals surface area contributed by atoms with Crippen LogP contribution < -0.4 is 5.32 Å². The molecule has 3 nitrogen and oxygen atoms in total. The van der Waals surface area contributed by atoms with Gasteiger partial charge in [-0.25, -0.2) is 9.97 Å². The van der Waals surface area contributed by atoms with Crippen LogP contribution >= 0.6 is 0 Å². The number of nitrogens with zero attached hydrogens (tertiary/aromatic N) is 2. The molecule has 2 heterocycles. The van der Waals surface area contributed by atoms with Gasteiger partial charge in [-0.15, -0.1) is 0 Å². The maximum atomic E-state index is 4.41. The Morgan fingerprint density at radius 2 is 1.88 bits per heavy atom. The van der Waals surface area contributed by atoms with Crippen LogP contribution in [0.3, 0.4) is 0 Å². The van der Waals surface area contributed by atoms with Gasteiger partial charge in [0.1, 0.15) is 5.82 Å². The Kier molecular flexibility index (Phi) is 2.77. The summed E-state index contributed by atoms with van der Waals surface area (Å²) in [6.45, 7) is 7.21. The molecule has 0 amide bonds. The second-order valence-electron chi connectivity index (χ2n) is 4.93. The number of aromatic nitrogens is 2. The van der Waals surface area contributed by atoms with E-state index in [1.807, 2.05) is 24.5 Å². The van der Waals surface area contributed by atoms with Crippen molar-refractivity contribution in [3.8, 4) is 0 Å². The van der Waals surface area contributed by atoms with E-state index < -0.39 is 0 Å². The number of hydrogen-bond acceptors (Lipinski definition) is 3. The van der Waals surface area contributed by atoms with Crippen LogP contribution in [-0.2, 0) is 5.41 Å². The summed E-state index contributed by atoms with van der Waals surface area (Å²) in [4.78, 5) is 8.82. The first-order valence-corrected chi connectivity index (χ1v) is 5.51. The highest BCUT2D eigenvalue weighted by Crippen LogP contribution is 2.19. The number of allylic oxidation sites excluding steroid dienone is 2. The molecule has 1 aromatic rings. The molecule has 0 bridgehead atoms. The van der Waals surface area contributed by atoms with E-state index in [0.717, 1.165) is 23.6 Å². The van der Waals surface area contributed by atoms with Crippen LogP contribution in [0.5, 0.6) is 0 Å². The molecule has 0 saturated carbocycles. The van der Waals surface area contributed by atoms with E-state index in [0.29, 0.717) is 0 Å². The Morgan fingerprint density at radius 3 is 2.38 bits per heavy atom. The van der Waals surface area contributed by atoms with E-state index in [2.05, 4.69) is 42.1 Å². The van der Waals surface area contributed by atoms with Crippen LogP contribution in [0.25, 0.3) is 5.70 Å². The summed E-state index contributed by atoms with van der Waals surface area (Å²) in [6.07, 6.45) is 9.92. The van der Waals surface area contributed by atoms with Crippen molar-refractivity contribution in [2.24, 2.45) is 0 Å². The summed E-state index contributed by atoms with van der Waals surface area (Å²) in [5, 5.41) is 3.29. The molecule has 0 radical (unpaired) electrons. The van der Waals surface area contributed by atoms with Gasteiger partial charge in [0.15, 0.2) is 0 Å². The summed E-state index contributed by atoms with van der Waals surface area (Å²) < 4.78 is 0. The lowest BCUT2D eigenvalue weighted by Gasteiger charge is -2.17. The molecule has 1 aromatic heterocycles. The Labute approximate surface area is 96.3 Å². The summed E-state index contributed by atoms with van der Waals surface area (Å²) in [6, 6.07) is 0. The van der Waals surface area contributed by atoms with Crippen molar-refractivity contribution >= 4 is 5.70 Å². The van der Waals surface area contributed by atoms with Gasteiger partial charge in [0, 0.05) is 35.6 Å². The number of dihydropyridines is 1. The molecule has 0 atom stereocenters. The van der Waals surface area contributed by atoms with Gasteiger partial charge in [0.2, 0.25) is 0 Å². The molecule has 0 spiro atoms. The molecule has 16 heavy (non-hydrogen) atoms. The average Bonchev–Trinajstić information content (AvgIpc) is 2.29. The van der Waals surface area contributed by atoms with Crippen molar-refractivity contribution in [2.75, 3.05) is 6.54 Å². The fourth-order valence-corrected chi connectivity index (χ4v) is 1.51. The minimum absolute atomic E-state index is 0.00675. The van der Waals surface area contributed by atoms with E-state index in [1.54, 1.807) is 0 Å². The average molecular weight is 215 g/mol. The van der Waals surface area contributed by atoms with E-state index in [-0.39, 0.29) is 5.41 Å². The first-order valence-electron chi connectivity index (χ1n) is 5.51. The predicted octanol–water partition coefficient (Wildman–Crippen LogP) is 2.27. The Morgan fingerprint density at radius 1 is 1.19 bits per heavy atom. The van der Waals surface area contributed by atoms with E-state index >= 15 is 0 Å². The highest BCUT2D eigenvalue weighted by molar-refractivity contribution is 5.65. The van der Waals surface area contributed by atoms with E-state index in [1.165, 1.54) is 0 Å². The Bertz CT molecular complexity index is 421. The molecule has 0 saturated heterocycles. The standard InChI is InChI=1S/C13H17N3/c1-13(2,3)12-15-8-10(9-16-12)11-6-4-5-7-14-11/h4-6,8-9,14H,7H2,1-3H3. The number of hydrogen-bond donors (Lipinski definition) is 1. The largest absolute Gasteiger partial charge is 0.381 e. The molecule has 0 aliphatic carbocycles. The van der Waals surface area contributed by atoms with Crippen LogP contribution in [-0.4, -0.2) is 16.5 Å². The van der Waals surface area contributed by atoms with Crippen LogP contribution in [0.15, 0.2) is 30.6 Å². The smallest absolute Gasteiger partial charge is 0.133 e. The molecule has 84 valence electrons. The summed E-state index contributed by atoms with van der Waals surface area (Å²) >= 11 is 0. The third-order valence-electron chi connectivity index (χ3n) is 2.44. The maximum Gasteiger partial charge on any atom is 0.133 e. The van der Waals surface area contributed by atoms with Gasteiger partial charge in [-0.05, 0) is 6.08 Å². The van der Waals surface area contributed by atoms with Crippen molar-refractivity contribution in [1.82, 2.24) is 15.3 Å². The van der Waals surface area contributed by atoms with Gasteiger partial charge >= 0.3 is 0 Å². The molecule has 1 N–H and O–H groups in total. The van der Waals surface area contributed by atoms with E-state index in [4.69, 9.17) is 0 Å². The molecule has 1 aliphatic rings. The summed E-state index contributed by atoms with van der Waals surface area (Å²) in [5.74, 6) is 0.878. The summed E-state index contributed by atoms with van der Waals surface area (Å²) in [7, 11) is 0. The van der Waals surface area contributed by atoms with Crippen molar-refractivity contribution in [3.05, 3.63) is 42.0 Å². The molecular formula is C13H17N3. The normalized spacial score (nSPS) is 15.6. The molecule has 0 unspecified atom stereocenters. The number of nitrogens with one attached hydrogen (secondary N) is 1. The van der Waals surface area contributed by atoms with Gasteiger partial charge in [0.05, 0.1) is 0 Å². The van der Waals surface area contributed by atoms with Crippen molar-refractivity contribution in [3.63, 3.8) is 0 Å². The summed E-state index contributed by atoms with van der Waals surface area (Å²) in [5.41, 5.74) is 2.13. The topological polar surface area (TPSA) is 37.8 Å². The molecule has 0 aromatic carbocycles.